The highest BCUT2D eigenvalue weighted by Crippen LogP contribution is 2.32. The van der Waals surface area contributed by atoms with Gasteiger partial charge in [-0.15, -0.1) is 0 Å². The van der Waals surface area contributed by atoms with Gasteiger partial charge in [0.05, 0.1) is 17.9 Å². The van der Waals surface area contributed by atoms with E-state index in [2.05, 4.69) is 0 Å². The highest BCUT2D eigenvalue weighted by molar-refractivity contribution is 5.80. The van der Waals surface area contributed by atoms with Crippen LogP contribution in [-0.4, -0.2) is 48.2 Å². The number of aliphatic carboxylic acids is 1. The van der Waals surface area contributed by atoms with Crippen LogP contribution in [0.3, 0.4) is 0 Å². The molecule has 0 aromatic heterocycles. The molecule has 2 heterocycles. The average molecular weight is 241 g/mol. The van der Waals surface area contributed by atoms with Crippen molar-refractivity contribution >= 4 is 11.9 Å². The van der Waals surface area contributed by atoms with Crippen LogP contribution in [0.1, 0.15) is 26.2 Å². The zero-order valence-electron chi connectivity index (χ0n) is 10.1. The van der Waals surface area contributed by atoms with E-state index in [0.717, 1.165) is 6.42 Å². The quantitative estimate of drug-likeness (QED) is 0.774. The number of hydrogen-bond acceptors (Lipinski definition) is 3. The third-order valence-corrected chi connectivity index (χ3v) is 3.97. The fourth-order valence-electron chi connectivity index (χ4n) is 2.42. The molecule has 2 rings (SSSR count). The molecule has 1 atom stereocenters. The minimum Gasteiger partial charge on any atom is -0.481 e. The largest absolute Gasteiger partial charge is 0.481 e. The topological polar surface area (TPSA) is 66.8 Å². The lowest BCUT2D eigenvalue weighted by Crippen LogP contribution is -2.47. The Labute approximate surface area is 101 Å². The Bertz CT molecular complexity index is 314. The number of ether oxygens (including phenoxy) is 1. The molecule has 0 radical (unpaired) electrons. The number of carbonyl (C=O) groups is 2. The Hall–Kier alpha value is -1.10. The Morgan fingerprint density at radius 3 is 2.47 bits per heavy atom. The van der Waals surface area contributed by atoms with Crippen molar-refractivity contribution in [1.82, 2.24) is 4.90 Å². The van der Waals surface area contributed by atoms with Crippen LogP contribution in [0.5, 0.6) is 0 Å². The molecule has 0 bridgehead atoms. The van der Waals surface area contributed by atoms with Crippen molar-refractivity contribution in [1.29, 1.82) is 0 Å². The number of nitrogens with zero attached hydrogens (tertiary/aromatic N) is 1. The van der Waals surface area contributed by atoms with Crippen molar-refractivity contribution in [2.75, 3.05) is 26.3 Å². The molecule has 1 unspecified atom stereocenters. The maximum Gasteiger partial charge on any atom is 0.309 e. The maximum atomic E-state index is 12.1. The number of rotatable bonds is 2. The Kier molecular flexibility index (Phi) is 3.38. The second-order valence-corrected chi connectivity index (χ2v) is 5.25. The second-order valence-electron chi connectivity index (χ2n) is 5.25. The zero-order chi connectivity index (χ0) is 12.5. The molecule has 0 aromatic rings. The summed E-state index contributed by atoms with van der Waals surface area (Å²) in [5.74, 6) is -0.632. The molecule has 2 aliphatic rings. The van der Waals surface area contributed by atoms with Crippen LogP contribution in [0, 0.1) is 11.3 Å². The van der Waals surface area contributed by atoms with Crippen LogP contribution in [0.15, 0.2) is 0 Å². The van der Waals surface area contributed by atoms with E-state index in [1.807, 2.05) is 0 Å². The molecule has 5 heteroatoms. The molecule has 0 aromatic carbocycles. The summed E-state index contributed by atoms with van der Waals surface area (Å²) in [7, 11) is 0. The summed E-state index contributed by atoms with van der Waals surface area (Å²) in [6, 6.07) is 0. The maximum absolute atomic E-state index is 12.1. The van der Waals surface area contributed by atoms with Gasteiger partial charge in [-0.2, -0.15) is 0 Å². The summed E-state index contributed by atoms with van der Waals surface area (Å²) in [4.78, 5) is 25.0. The molecule has 1 amide bonds. The molecule has 0 aliphatic carbocycles. The van der Waals surface area contributed by atoms with Gasteiger partial charge in [0.25, 0.3) is 0 Å². The number of amides is 1. The van der Waals surface area contributed by atoms with E-state index in [4.69, 9.17) is 9.84 Å². The third kappa shape index (κ3) is 2.44. The first-order valence-electron chi connectivity index (χ1n) is 6.13. The van der Waals surface area contributed by atoms with Crippen molar-refractivity contribution in [3.05, 3.63) is 0 Å². The van der Waals surface area contributed by atoms with Crippen LogP contribution in [0.25, 0.3) is 0 Å². The molecule has 17 heavy (non-hydrogen) atoms. The third-order valence-electron chi connectivity index (χ3n) is 3.97. The van der Waals surface area contributed by atoms with Gasteiger partial charge in [0.15, 0.2) is 0 Å². The van der Waals surface area contributed by atoms with Crippen molar-refractivity contribution < 1.29 is 19.4 Å². The van der Waals surface area contributed by atoms with Gasteiger partial charge in [-0.05, 0) is 26.2 Å². The van der Waals surface area contributed by atoms with Crippen molar-refractivity contribution in [2.45, 2.75) is 26.2 Å². The highest BCUT2D eigenvalue weighted by Gasteiger charge is 2.39. The molecule has 5 nitrogen and oxygen atoms in total. The van der Waals surface area contributed by atoms with Gasteiger partial charge < -0.3 is 14.7 Å². The number of likely N-dealkylation sites (tertiary alicyclic amines) is 1. The van der Waals surface area contributed by atoms with E-state index in [0.29, 0.717) is 39.1 Å². The predicted octanol–water partition coefficient (Wildman–Crippen LogP) is 0.736. The SMILES string of the molecule is CC1(C(=O)O)CCN(C(=O)C2CCOC2)CC1. The summed E-state index contributed by atoms with van der Waals surface area (Å²) in [6.07, 6.45) is 1.88. The molecule has 2 aliphatic heterocycles. The molecule has 0 saturated carbocycles. The van der Waals surface area contributed by atoms with Crippen molar-refractivity contribution in [3.63, 3.8) is 0 Å². The van der Waals surface area contributed by atoms with E-state index in [1.165, 1.54) is 0 Å². The Morgan fingerprint density at radius 1 is 1.35 bits per heavy atom. The first-order valence-corrected chi connectivity index (χ1v) is 6.13. The Morgan fingerprint density at radius 2 is 2.00 bits per heavy atom. The van der Waals surface area contributed by atoms with Gasteiger partial charge in [0.1, 0.15) is 0 Å². The fourth-order valence-corrected chi connectivity index (χ4v) is 2.42. The second kappa shape index (κ2) is 4.64. The van der Waals surface area contributed by atoms with Crippen LogP contribution in [-0.2, 0) is 14.3 Å². The van der Waals surface area contributed by atoms with Crippen molar-refractivity contribution in [2.24, 2.45) is 11.3 Å². The molecule has 1 N–H and O–H groups in total. The lowest BCUT2D eigenvalue weighted by Gasteiger charge is -2.37. The average Bonchev–Trinajstić information content (AvgIpc) is 2.82. The number of carboxylic acid groups (broad SMARTS) is 1. The molecule has 2 saturated heterocycles. The summed E-state index contributed by atoms with van der Waals surface area (Å²) in [6.45, 7) is 4.05. The number of carbonyl (C=O) groups excluding carboxylic acids is 1. The molecule has 0 spiro atoms. The van der Waals surface area contributed by atoms with Crippen molar-refractivity contribution in [3.8, 4) is 0 Å². The summed E-state index contributed by atoms with van der Waals surface area (Å²) < 4.78 is 5.21. The minimum atomic E-state index is -0.756. The van der Waals surface area contributed by atoms with Gasteiger partial charge >= 0.3 is 5.97 Å². The molecular formula is C12H19NO4. The normalized spacial score (nSPS) is 28.1. The van der Waals surface area contributed by atoms with Gasteiger partial charge in [-0.1, -0.05) is 0 Å². The van der Waals surface area contributed by atoms with Crippen LogP contribution >= 0.6 is 0 Å². The van der Waals surface area contributed by atoms with E-state index >= 15 is 0 Å². The van der Waals surface area contributed by atoms with Crippen LogP contribution in [0.4, 0.5) is 0 Å². The van der Waals surface area contributed by atoms with Gasteiger partial charge in [0.2, 0.25) is 5.91 Å². The molecular weight excluding hydrogens is 222 g/mol. The minimum absolute atomic E-state index is 0.0100. The first kappa shape index (κ1) is 12.4. The standard InChI is InChI=1S/C12H19NO4/c1-12(11(15)16)3-5-13(6-4-12)10(14)9-2-7-17-8-9/h9H,2-8H2,1H3,(H,15,16). The Balaban J connectivity index is 1.90. The van der Waals surface area contributed by atoms with Gasteiger partial charge in [-0.25, -0.2) is 0 Å². The number of hydrogen-bond donors (Lipinski definition) is 1. The van der Waals surface area contributed by atoms with E-state index in [9.17, 15) is 9.59 Å². The fraction of sp³-hybridized carbons (Fsp3) is 0.833. The van der Waals surface area contributed by atoms with Gasteiger partial charge in [-0.3, -0.25) is 9.59 Å². The van der Waals surface area contributed by atoms with Crippen LogP contribution in [0.2, 0.25) is 0 Å². The molecule has 2 fully saturated rings. The van der Waals surface area contributed by atoms with E-state index in [1.54, 1.807) is 11.8 Å². The smallest absolute Gasteiger partial charge is 0.309 e. The number of carboxylic acids is 1. The lowest BCUT2D eigenvalue weighted by molar-refractivity contribution is -0.153. The summed E-state index contributed by atoms with van der Waals surface area (Å²) in [5.41, 5.74) is -0.664. The van der Waals surface area contributed by atoms with E-state index < -0.39 is 11.4 Å². The van der Waals surface area contributed by atoms with E-state index in [-0.39, 0.29) is 11.8 Å². The monoisotopic (exact) mass is 241 g/mol. The summed E-state index contributed by atoms with van der Waals surface area (Å²) >= 11 is 0. The highest BCUT2D eigenvalue weighted by atomic mass is 16.5. The summed E-state index contributed by atoms with van der Waals surface area (Å²) in [5, 5.41) is 9.11. The predicted molar refractivity (Wildman–Crippen MR) is 60.5 cm³/mol. The zero-order valence-corrected chi connectivity index (χ0v) is 10.1. The first-order chi connectivity index (χ1) is 8.03. The van der Waals surface area contributed by atoms with Crippen LogP contribution < -0.4 is 0 Å². The molecule has 96 valence electrons. The van der Waals surface area contributed by atoms with Gasteiger partial charge in [0, 0.05) is 19.7 Å². The number of piperidine rings is 1. The lowest BCUT2D eigenvalue weighted by atomic mass is 9.80.